The zero-order chi connectivity index (χ0) is 25.3. The Labute approximate surface area is 208 Å². The molecule has 0 saturated carbocycles. The molecule has 3 N–H and O–H groups in total. The van der Waals surface area contributed by atoms with Crippen LogP contribution in [-0.4, -0.2) is 24.3 Å². The number of nitrogens with one attached hydrogen (secondary N) is 3. The van der Waals surface area contributed by atoms with Gasteiger partial charge in [0, 0.05) is 23.4 Å². The maximum atomic E-state index is 13.3. The van der Waals surface area contributed by atoms with E-state index >= 15 is 0 Å². The molecule has 6 nitrogen and oxygen atoms in total. The van der Waals surface area contributed by atoms with Crippen LogP contribution in [0.15, 0.2) is 103 Å². The monoisotopic (exact) mass is 481 g/mol. The minimum atomic E-state index is -0.490. The van der Waals surface area contributed by atoms with Gasteiger partial charge in [0.05, 0.1) is 6.54 Å². The van der Waals surface area contributed by atoms with Crippen LogP contribution in [0.4, 0.5) is 10.1 Å². The second kappa shape index (κ2) is 11.6. The third kappa shape index (κ3) is 6.64. The van der Waals surface area contributed by atoms with E-state index in [2.05, 4.69) is 16.0 Å². The van der Waals surface area contributed by atoms with E-state index in [0.717, 1.165) is 22.8 Å². The number of hydrogen-bond donors (Lipinski definition) is 3. The number of benzene rings is 4. The molecule has 0 saturated heterocycles. The van der Waals surface area contributed by atoms with E-state index in [1.54, 1.807) is 36.4 Å². The largest absolute Gasteiger partial charge is 0.350 e. The van der Waals surface area contributed by atoms with Crippen molar-refractivity contribution in [1.82, 2.24) is 10.6 Å². The molecule has 0 heterocycles. The number of carbonyl (C=O) groups is 3. The molecule has 0 spiro atoms. The van der Waals surface area contributed by atoms with E-state index in [1.165, 1.54) is 18.2 Å². The van der Waals surface area contributed by atoms with Crippen LogP contribution in [0.5, 0.6) is 0 Å². The topological polar surface area (TPSA) is 87.3 Å². The minimum Gasteiger partial charge on any atom is -0.350 e. The predicted molar refractivity (Wildman–Crippen MR) is 137 cm³/mol. The molecular formula is C29H24FN3O3. The van der Waals surface area contributed by atoms with Crippen molar-refractivity contribution >= 4 is 23.4 Å². The highest BCUT2D eigenvalue weighted by Crippen LogP contribution is 2.19. The van der Waals surface area contributed by atoms with E-state index in [1.807, 2.05) is 42.5 Å². The fourth-order valence-corrected chi connectivity index (χ4v) is 3.56. The summed E-state index contributed by atoms with van der Waals surface area (Å²) in [7, 11) is 0. The van der Waals surface area contributed by atoms with Crippen LogP contribution >= 0.6 is 0 Å². The highest BCUT2D eigenvalue weighted by atomic mass is 19.1. The van der Waals surface area contributed by atoms with Crippen molar-refractivity contribution in [2.45, 2.75) is 6.54 Å². The molecule has 0 aliphatic heterocycles. The first-order valence-corrected chi connectivity index (χ1v) is 11.3. The Bertz CT molecular complexity index is 1370. The lowest BCUT2D eigenvalue weighted by Gasteiger charge is -2.10. The highest BCUT2D eigenvalue weighted by Gasteiger charge is 2.10. The summed E-state index contributed by atoms with van der Waals surface area (Å²) in [5.41, 5.74) is 4.00. The van der Waals surface area contributed by atoms with Crippen LogP contribution < -0.4 is 16.0 Å². The molecule has 0 atom stereocenters. The average Bonchev–Trinajstić information content (AvgIpc) is 2.91. The number of carbonyl (C=O) groups excluding carboxylic acids is 3. The zero-order valence-corrected chi connectivity index (χ0v) is 19.3. The van der Waals surface area contributed by atoms with E-state index in [4.69, 9.17) is 0 Å². The molecule has 36 heavy (non-hydrogen) atoms. The fraction of sp³-hybridized carbons (Fsp3) is 0.0690. The third-order valence-corrected chi connectivity index (χ3v) is 5.43. The maximum Gasteiger partial charge on any atom is 0.255 e. The lowest BCUT2D eigenvalue weighted by Crippen LogP contribution is -2.36. The molecule has 0 aliphatic rings. The Kier molecular flexibility index (Phi) is 7.83. The Balaban J connectivity index is 1.25. The van der Waals surface area contributed by atoms with E-state index in [0.29, 0.717) is 11.3 Å². The summed E-state index contributed by atoms with van der Waals surface area (Å²) in [5.74, 6) is -1.61. The molecule has 0 bridgehead atoms. The number of halogens is 1. The Hall–Kier alpha value is -4.78. The van der Waals surface area contributed by atoms with Gasteiger partial charge in [-0.25, -0.2) is 4.39 Å². The van der Waals surface area contributed by atoms with Crippen LogP contribution in [0.2, 0.25) is 0 Å². The lowest BCUT2D eigenvalue weighted by atomic mass is 10.0. The van der Waals surface area contributed by atoms with Gasteiger partial charge in [0.1, 0.15) is 5.82 Å². The average molecular weight is 482 g/mol. The first-order valence-electron chi connectivity index (χ1n) is 11.3. The van der Waals surface area contributed by atoms with Gasteiger partial charge >= 0.3 is 0 Å². The standard InChI is InChI=1S/C29H24FN3O3/c30-25-10-5-9-24(17-25)29(36)33-26-11-4-6-20(16-26)18-31-27(34)19-32-28(35)23-14-12-22(13-15-23)21-7-2-1-3-8-21/h1-17H,18-19H2,(H,31,34)(H,32,35)(H,33,36). The summed E-state index contributed by atoms with van der Waals surface area (Å²) in [6, 6.07) is 29.4. The molecular weight excluding hydrogens is 457 g/mol. The normalized spacial score (nSPS) is 10.4. The summed E-state index contributed by atoms with van der Waals surface area (Å²) in [6.45, 7) is 0.0411. The third-order valence-electron chi connectivity index (χ3n) is 5.43. The Morgan fingerprint density at radius 2 is 1.36 bits per heavy atom. The molecule has 4 aromatic rings. The molecule has 0 unspecified atom stereocenters. The SMILES string of the molecule is O=C(CNC(=O)c1ccc(-c2ccccc2)cc1)NCc1cccc(NC(=O)c2cccc(F)c2)c1. The molecule has 0 aliphatic carbocycles. The van der Waals surface area contributed by atoms with Gasteiger partial charge in [-0.15, -0.1) is 0 Å². The van der Waals surface area contributed by atoms with Crippen LogP contribution in [0.3, 0.4) is 0 Å². The molecule has 7 heteroatoms. The van der Waals surface area contributed by atoms with Crippen LogP contribution in [0.25, 0.3) is 11.1 Å². The maximum absolute atomic E-state index is 13.3. The first-order chi connectivity index (χ1) is 17.5. The van der Waals surface area contributed by atoms with Crippen molar-refractivity contribution in [3.05, 3.63) is 126 Å². The van der Waals surface area contributed by atoms with Crippen molar-refractivity contribution in [2.75, 3.05) is 11.9 Å². The second-order valence-corrected chi connectivity index (χ2v) is 8.07. The zero-order valence-electron chi connectivity index (χ0n) is 19.3. The molecule has 0 aromatic heterocycles. The van der Waals surface area contributed by atoms with Crippen LogP contribution in [0, 0.1) is 5.82 Å². The van der Waals surface area contributed by atoms with Crippen molar-refractivity contribution in [1.29, 1.82) is 0 Å². The van der Waals surface area contributed by atoms with Gasteiger partial charge in [-0.1, -0.05) is 60.7 Å². The first kappa shape index (κ1) is 24.3. The summed E-state index contributed by atoms with van der Waals surface area (Å²) in [6.07, 6.45) is 0. The lowest BCUT2D eigenvalue weighted by molar-refractivity contribution is -0.120. The molecule has 0 radical (unpaired) electrons. The summed E-state index contributed by atoms with van der Waals surface area (Å²) >= 11 is 0. The van der Waals surface area contributed by atoms with Crippen LogP contribution in [-0.2, 0) is 11.3 Å². The van der Waals surface area contributed by atoms with Gasteiger partial charge < -0.3 is 16.0 Å². The number of rotatable bonds is 8. The van der Waals surface area contributed by atoms with Crippen molar-refractivity contribution in [3.63, 3.8) is 0 Å². The summed E-state index contributed by atoms with van der Waals surface area (Å²) in [5, 5.41) is 8.07. The van der Waals surface area contributed by atoms with E-state index in [9.17, 15) is 18.8 Å². The second-order valence-electron chi connectivity index (χ2n) is 8.07. The minimum absolute atomic E-state index is 0.171. The van der Waals surface area contributed by atoms with Crippen molar-refractivity contribution in [3.8, 4) is 11.1 Å². The predicted octanol–water partition coefficient (Wildman–Crippen LogP) is 4.79. The molecule has 4 aromatic carbocycles. The van der Waals surface area contributed by atoms with E-state index in [-0.39, 0.29) is 30.5 Å². The molecule has 4 rings (SSSR count). The summed E-state index contributed by atoms with van der Waals surface area (Å²) in [4.78, 5) is 37.0. The van der Waals surface area contributed by atoms with Crippen LogP contribution in [0.1, 0.15) is 26.3 Å². The highest BCUT2D eigenvalue weighted by molar-refractivity contribution is 6.04. The number of hydrogen-bond acceptors (Lipinski definition) is 3. The number of anilines is 1. The van der Waals surface area contributed by atoms with E-state index < -0.39 is 11.7 Å². The fourth-order valence-electron chi connectivity index (χ4n) is 3.56. The van der Waals surface area contributed by atoms with Gasteiger partial charge in [-0.2, -0.15) is 0 Å². The Morgan fingerprint density at radius 1 is 0.639 bits per heavy atom. The smallest absolute Gasteiger partial charge is 0.255 e. The number of amides is 3. The summed E-state index contributed by atoms with van der Waals surface area (Å²) < 4.78 is 13.3. The van der Waals surface area contributed by atoms with Crippen molar-refractivity contribution < 1.29 is 18.8 Å². The molecule has 0 fully saturated rings. The molecule has 3 amide bonds. The molecule has 180 valence electrons. The van der Waals surface area contributed by atoms with Gasteiger partial charge in [0.2, 0.25) is 5.91 Å². The quantitative estimate of drug-likeness (QED) is 0.338. The van der Waals surface area contributed by atoms with Gasteiger partial charge in [-0.05, 0) is 59.2 Å². The Morgan fingerprint density at radius 3 is 2.11 bits per heavy atom. The van der Waals surface area contributed by atoms with Gasteiger partial charge in [0.15, 0.2) is 0 Å². The van der Waals surface area contributed by atoms with Crippen molar-refractivity contribution in [2.24, 2.45) is 0 Å². The van der Waals surface area contributed by atoms with Gasteiger partial charge in [0.25, 0.3) is 11.8 Å². The van der Waals surface area contributed by atoms with Gasteiger partial charge in [-0.3, -0.25) is 14.4 Å².